The molecule has 0 heterocycles. The first-order chi connectivity index (χ1) is 11.4. The summed E-state index contributed by atoms with van der Waals surface area (Å²) in [4.78, 5) is 10.6. The molecule has 128 valence electrons. The molecule has 0 bridgehead atoms. The van der Waals surface area contributed by atoms with Gasteiger partial charge in [0, 0.05) is 19.2 Å². The summed E-state index contributed by atoms with van der Waals surface area (Å²) in [5.41, 5.74) is 1.37. The minimum atomic E-state index is -3.59. The van der Waals surface area contributed by atoms with E-state index in [0.717, 1.165) is 12.0 Å². The Kier molecular flexibility index (Phi) is 5.88. The van der Waals surface area contributed by atoms with E-state index in [4.69, 9.17) is 0 Å². The second-order valence-corrected chi connectivity index (χ2v) is 6.86. The number of rotatable bonds is 8. The lowest BCUT2D eigenvalue weighted by Gasteiger charge is -2.09. The summed E-state index contributed by atoms with van der Waals surface area (Å²) in [6.07, 6.45) is 0.841. The first kappa shape index (κ1) is 17.9. The number of para-hydroxylation sites is 2. The zero-order chi connectivity index (χ0) is 17.6. The van der Waals surface area contributed by atoms with Crippen molar-refractivity contribution in [3.05, 3.63) is 64.2 Å². The van der Waals surface area contributed by atoms with E-state index in [1.807, 2.05) is 6.92 Å². The number of nitro groups is 1. The van der Waals surface area contributed by atoms with Crippen molar-refractivity contribution < 1.29 is 13.3 Å². The monoisotopic (exact) mass is 349 g/mol. The molecule has 0 aromatic heterocycles. The SMILES string of the molecule is CCc1ccc(S(=O)(=O)NCCNc2ccccc2[N+](=O)[O-])cc1. The van der Waals surface area contributed by atoms with E-state index in [1.54, 1.807) is 42.5 Å². The Bertz CT molecular complexity index is 804. The summed E-state index contributed by atoms with van der Waals surface area (Å²) in [5, 5.41) is 13.8. The van der Waals surface area contributed by atoms with Gasteiger partial charge in [-0.05, 0) is 30.2 Å². The molecule has 0 spiro atoms. The normalized spacial score (nSPS) is 11.2. The summed E-state index contributed by atoms with van der Waals surface area (Å²) in [7, 11) is -3.59. The van der Waals surface area contributed by atoms with Crippen LogP contribution in [-0.2, 0) is 16.4 Å². The molecule has 0 radical (unpaired) electrons. The molecule has 0 fully saturated rings. The molecule has 2 N–H and O–H groups in total. The fourth-order valence-corrected chi connectivity index (χ4v) is 3.18. The van der Waals surface area contributed by atoms with Crippen LogP contribution in [0.15, 0.2) is 53.4 Å². The fraction of sp³-hybridized carbons (Fsp3) is 0.250. The van der Waals surface area contributed by atoms with Crippen LogP contribution in [0.3, 0.4) is 0 Å². The summed E-state index contributed by atoms with van der Waals surface area (Å²) < 4.78 is 26.8. The zero-order valence-corrected chi connectivity index (χ0v) is 14.0. The van der Waals surface area contributed by atoms with Crippen LogP contribution in [0.4, 0.5) is 11.4 Å². The Balaban J connectivity index is 1.92. The Morgan fingerprint density at radius 1 is 1.04 bits per heavy atom. The topological polar surface area (TPSA) is 101 Å². The maximum absolute atomic E-state index is 12.2. The molecule has 2 aromatic rings. The quantitative estimate of drug-likeness (QED) is 0.433. The lowest BCUT2D eigenvalue weighted by molar-refractivity contribution is -0.384. The van der Waals surface area contributed by atoms with Crippen molar-refractivity contribution >= 4 is 21.4 Å². The first-order valence-electron chi connectivity index (χ1n) is 7.50. The van der Waals surface area contributed by atoms with Gasteiger partial charge in [-0.25, -0.2) is 13.1 Å². The van der Waals surface area contributed by atoms with Gasteiger partial charge in [0.05, 0.1) is 9.82 Å². The van der Waals surface area contributed by atoms with Gasteiger partial charge in [-0.15, -0.1) is 0 Å². The van der Waals surface area contributed by atoms with Crippen LogP contribution in [0, 0.1) is 10.1 Å². The highest BCUT2D eigenvalue weighted by Crippen LogP contribution is 2.22. The Morgan fingerprint density at radius 2 is 1.71 bits per heavy atom. The van der Waals surface area contributed by atoms with Gasteiger partial charge in [-0.3, -0.25) is 10.1 Å². The van der Waals surface area contributed by atoms with Crippen molar-refractivity contribution in [2.75, 3.05) is 18.4 Å². The van der Waals surface area contributed by atoms with Crippen LogP contribution in [0.25, 0.3) is 0 Å². The second-order valence-electron chi connectivity index (χ2n) is 5.10. The van der Waals surface area contributed by atoms with Crippen molar-refractivity contribution in [1.82, 2.24) is 4.72 Å². The molecule has 0 unspecified atom stereocenters. The van der Waals surface area contributed by atoms with Gasteiger partial charge in [-0.1, -0.05) is 31.2 Å². The molecule has 0 aliphatic rings. The molecular formula is C16H19N3O4S. The van der Waals surface area contributed by atoms with Crippen LogP contribution in [-0.4, -0.2) is 26.4 Å². The van der Waals surface area contributed by atoms with Crippen LogP contribution in [0.5, 0.6) is 0 Å². The highest BCUT2D eigenvalue weighted by molar-refractivity contribution is 7.89. The van der Waals surface area contributed by atoms with Gasteiger partial charge in [-0.2, -0.15) is 0 Å². The number of sulfonamides is 1. The van der Waals surface area contributed by atoms with Crippen molar-refractivity contribution in [2.45, 2.75) is 18.2 Å². The zero-order valence-electron chi connectivity index (χ0n) is 13.2. The minimum Gasteiger partial charge on any atom is -0.378 e. The number of nitrogens with zero attached hydrogens (tertiary/aromatic N) is 1. The maximum atomic E-state index is 12.2. The van der Waals surface area contributed by atoms with E-state index in [2.05, 4.69) is 10.0 Å². The van der Waals surface area contributed by atoms with Crippen LogP contribution >= 0.6 is 0 Å². The molecule has 2 aromatic carbocycles. The predicted molar refractivity (Wildman–Crippen MR) is 92.6 cm³/mol. The Morgan fingerprint density at radius 3 is 2.33 bits per heavy atom. The van der Waals surface area contributed by atoms with Gasteiger partial charge in [0.1, 0.15) is 5.69 Å². The fourth-order valence-electron chi connectivity index (χ4n) is 2.15. The number of aryl methyl sites for hydroxylation is 1. The van der Waals surface area contributed by atoms with Crippen molar-refractivity contribution in [2.24, 2.45) is 0 Å². The molecule has 7 nitrogen and oxygen atoms in total. The number of benzene rings is 2. The summed E-state index contributed by atoms with van der Waals surface area (Å²) in [6, 6.07) is 12.9. The van der Waals surface area contributed by atoms with Gasteiger partial charge < -0.3 is 5.32 Å². The number of nitrogens with one attached hydrogen (secondary N) is 2. The lowest BCUT2D eigenvalue weighted by atomic mass is 10.2. The van der Waals surface area contributed by atoms with Crippen molar-refractivity contribution in [3.63, 3.8) is 0 Å². The molecule has 2 rings (SSSR count). The van der Waals surface area contributed by atoms with E-state index in [0.29, 0.717) is 5.69 Å². The predicted octanol–water partition coefficient (Wildman–Crippen LogP) is 2.55. The van der Waals surface area contributed by atoms with E-state index in [-0.39, 0.29) is 23.7 Å². The largest absolute Gasteiger partial charge is 0.378 e. The highest BCUT2D eigenvalue weighted by Gasteiger charge is 2.14. The Hall–Kier alpha value is -2.45. The summed E-state index contributed by atoms with van der Waals surface area (Å²) >= 11 is 0. The molecule has 0 aliphatic heterocycles. The van der Waals surface area contributed by atoms with E-state index < -0.39 is 14.9 Å². The third kappa shape index (κ3) is 4.53. The third-order valence-corrected chi connectivity index (χ3v) is 4.95. The summed E-state index contributed by atoms with van der Waals surface area (Å²) in [5.74, 6) is 0. The third-order valence-electron chi connectivity index (χ3n) is 3.48. The molecule has 8 heteroatoms. The van der Waals surface area contributed by atoms with Gasteiger partial charge in [0.25, 0.3) is 5.69 Å². The molecule has 0 aliphatic carbocycles. The Labute approximate surface area is 140 Å². The standard InChI is InChI=1S/C16H19N3O4S/c1-2-13-7-9-14(10-8-13)24(22,23)18-12-11-17-15-5-3-4-6-16(15)19(20)21/h3-10,17-18H,2,11-12H2,1H3. The molecule has 0 atom stereocenters. The lowest BCUT2D eigenvalue weighted by Crippen LogP contribution is -2.29. The van der Waals surface area contributed by atoms with Crippen LogP contribution in [0.1, 0.15) is 12.5 Å². The molecule has 0 saturated heterocycles. The van der Waals surface area contributed by atoms with E-state index in [9.17, 15) is 18.5 Å². The van der Waals surface area contributed by atoms with Gasteiger partial charge >= 0.3 is 0 Å². The van der Waals surface area contributed by atoms with Gasteiger partial charge in [0.15, 0.2) is 0 Å². The smallest absolute Gasteiger partial charge is 0.292 e. The summed E-state index contributed by atoms with van der Waals surface area (Å²) in [6.45, 7) is 2.34. The maximum Gasteiger partial charge on any atom is 0.292 e. The second kappa shape index (κ2) is 7.89. The van der Waals surface area contributed by atoms with Gasteiger partial charge in [0.2, 0.25) is 10.0 Å². The van der Waals surface area contributed by atoms with E-state index >= 15 is 0 Å². The number of anilines is 1. The van der Waals surface area contributed by atoms with Crippen LogP contribution in [0.2, 0.25) is 0 Å². The highest BCUT2D eigenvalue weighted by atomic mass is 32.2. The average Bonchev–Trinajstić information content (AvgIpc) is 2.59. The average molecular weight is 349 g/mol. The molecule has 0 saturated carbocycles. The number of nitro benzene ring substituents is 1. The molecule has 24 heavy (non-hydrogen) atoms. The van der Waals surface area contributed by atoms with Crippen molar-refractivity contribution in [1.29, 1.82) is 0 Å². The van der Waals surface area contributed by atoms with Crippen LogP contribution < -0.4 is 10.0 Å². The molecular weight excluding hydrogens is 330 g/mol. The first-order valence-corrected chi connectivity index (χ1v) is 8.98. The van der Waals surface area contributed by atoms with E-state index in [1.165, 1.54) is 6.07 Å². The number of hydrogen-bond acceptors (Lipinski definition) is 5. The number of hydrogen-bond donors (Lipinski definition) is 2. The molecule has 0 amide bonds. The minimum absolute atomic E-state index is 0.0458. The van der Waals surface area contributed by atoms with Crippen molar-refractivity contribution in [3.8, 4) is 0 Å².